The summed E-state index contributed by atoms with van der Waals surface area (Å²) in [5.74, 6) is 1.04. The Morgan fingerprint density at radius 1 is 1.53 bits per heavy atom. The highest BCUT2D eigenvalue weighted by Crippen LogP contribution is 2.27. The largest absolute Gasteiger partial charge is 0.395 e. The zero-order chi connectivity index (χ0) is 10.8. The number of likely N-dealkylation sites (N-methyl/N-ethyl adjacent to an activating group) is 1. The van der Waals surface area contributed by atoms with Crippen LogP contribution in [0.4, 0.5) is 11.8 Å². The molecule has 15 heavy (non-hydrogen) atoms. The van der Waals surface area contributed by atoms with E-state index in [4.69, 9.17) is 10.8 Å². The molecule has 0 aliphatic carbocycles. The molecule has 0 fully saturated rings. The van der Waals surface area contributed by atoms with Gasteiger partial charge in [0.25, 0.3) is 0 Å². The number of fused-ring (bicyclic) bond motifs is 1. The summed E-state index contributed by atoms with van der Waals surface area (Å²) in [5, 5.41) is 11.8. The van der Waals surface area contributed by atoms with Crippen molar-refractivity contribution in [3.05, 3.63) is 11.4 Å². The summed E-state index contributed by atoms with van der Waals surface area (Å²) < 4.78 is 0. The number of nitrogen functional groups attached to an aromatic ring is 1. The Hall–Kier alpha value is -1.40. The summed E-state index contributed by atoms with van der Waals surface area (Å²) in [4.78, 5) is 11.1. The number of rotatable bonds is 3. The van der Waals surface area contributed by atoms with Crippen LogP contribution in [-0.2, 0) is 0 Å². The monoisotopic (exact) mass is 224 g/mol. The van der Waals surface area contributed by atoms with Crippen LogP contribution < -0.4 is 10.6 Å². The Morgan fingerprint density at radius 3 is 3.07 bits per heavy atom. The molecule has 6 heteroatoms. The van der Waals surface area contributed by atoms with Gasteiger partial charge in [-0.05, 0) is 11.4 Å². The lowest BCUT2D eigenvalue weighted by atomic mass is 10.3. The molecule has 2 rings (SSSR count). The van der Waals surface area contributed by atoms with E-state index < -0.39 is 0 Å². The number of aliphatic hydroxyl groups is 1. The first-order valence-electron chi connectivity index (χ1n) is 4.55. The van der Waals surface area contributed by atoms with Crippen molar-refractivity contribution in [3.63, 3.8) is 0 Å². The highest BCUT2D eigenvalue weighted by Gasteiger charge is 2.10. The van der Waals surface area contributed by atoms with E-state index in [1.807, 2.05) is 23.4 Å². The summed E-state index contributed by atoms with van der Waals surface area (Å²) >= 11 is 1.53. The van der Waals surface area contributed by atoms with Crippen molar-refractivity contribution >= 4 is 33.3 Å². The lowest BCUT2D eigenvalue weighted by molar-refractivity contribution is 0.304. The third-order valence-electron chi connectivity index (χ3n) is 2.12. The van der Waals surface area contributed by atoms with Crippen molar-refractivity contribution in [1.29, 1.82) is 0 Å². The van der Waals surface area contributed by atoms with E-state index >= 15 is 0 Å². The van der Waals surface area contributed by atoms with Crippen molar-refractivity contribution < 1.29 is 5.11 Å². The summed E-state index contributed by atoms with van der Waals surface area (Å²) in [6.45, 7) is 0.618. The van der Waals surface area contributed by atoms with Crippen LogP contribution >= 0.6 is 11.3 Å². The number of thiophene rings is 1. The Labute approximate surface area is 91.2 Å². The number of nitrogens with two attached hydrogens (primary N) is 1. The van der Waals surface area contributed by atoms with Gasteiger partial charge in [-0.25, -0.2) is 4.98 Å². The molecule has 0 bridgehead atoms. The Balaban J connectivity index is 2.52. The molecular formula is C9H12N4OS. The average molecular weight is 224 g/mol. The van der Waals surface area contributed by atoms with Crippen LogP contribution in [0.25, 0.3) is 10.2 Å². The summed E-state index contributed by atoms with van der Waals surface area (Å²) in [7, 11) is 1.87. The second kappa shape index (κ2) is 4.00. The molecule has 80 valence electrons. The van der Waals surface area contributed by atoms with Gasteiger partial charge in [-0.3, -0.25) is 0 Å². The van der Waals surface area contributed by atoms with Gasteiger partial charge in [-0.2, -0.15) is 4.98 Å². The van der Waals surface area contributed by atoms with E-state index in [1.165, 1.54) is 11.3 Å². The number of aliphatic hydroxyl groups excluding tert-OH is 1. The van der Waals surface area contributed by atoms with Crippen molar-refractivity contribution in [1.82, 2.24) is 9.97 Å². The molecular weight excluding hydrogens is 212 g/mol. The predicted molar refractivity (Wildman–Crippen MR) is 62.2 cm³/mol. The molecule has 5 nitrogen and oxygen atoms in total. The van der Waals surface area contributed by atoms with Crippen molar-refractivity contribution in [3.8, 4) is 0 Å². The Bertz CT molecular complexity index is 470. The van der Waals surface area contributed by atoms with Crippen LogP contribution in [0.5, 0.6) is 0 Å². The first kappa shape index (κ1) is 10.1. The van der Waals surface area contributed by atoms with Gasteiger partial charge in [0.05, 0.1) is 12.0 Å². The number of anilines is 2. The normalized spacial score (nSPS) is 10.8. The summed E-state index contributed by atoms with van der Waals surface area (Å²) in [6, 6.07) is 1.96. The minimum absolute atomic E-state index is 0.0893. The molecule has 0 aromatic carbocycles. The first-order chi connectivity index (χ1) is 7.22. The molecule has 0 spiro atoms. The van der Waals surface area contributed by atoms with Gasteiger partial charge in [0.2, 0.25) is 5.95 Å². The van der Waals surface area contributed by atoms with Gasteiger partial charge < -0.3 is 15.7 Å². The maximum atomic E-state index is 8.88. The molecule has 0 atom stereocenters. The molecule has 0 unspecified atom stereocenters. The van der Waals surface area contributed by atoms with E-state index in [0.717, 1.165) is 16.0 Å². The van der Waals surface area contributed by atoms with Gasteiger partial charge in [-0.1, -0.05) is 0 Å². The highest BCUT2D eigenvalue weighted by molar-refractivity contribution is 7.16. The van der Waals surface area contributed by atoms with Gasteiger partial charge >= 0.3 is 0 Å². The number of hydrogen-bond donors (Lipinski definition) is 2. The quantitative estimate of drug-likeness (QED) is 0.802. The molecule has 2 aromatic heterocycles. The fourth-order valence-corrected chi connectivity index (χ4v) is 2.17. The van der Waals surface area contributed by atoms with Crippen molar-refractivity contribution in [2.24, 2.45) is 0 Å². The van der Waals surface area contributed by atoms with Crippen LogP contribution in [0.2, 0.25) is 0 Å². The van der Waals surface area contributed by atoms with E-state index in [-0.39, 0.29) is 12.6 Å². The van der Waals surface area contributed by atoms with Crippen LogP contribution in [0.1, 0.15) is 0 Å². The van der Waals surface area contributed by atoms with E-state index in [9.17, 15) is 0 Å². The van der Waals surface area contributed by atoms with Crippen LogP contribution in [0.3, 0.4) is 0 Å². The van der Waals surface area contributed by atoms with Crippen molar-refractivity contribution in [2.45, 2.75) is 0 Å². The molecule has 0 saturated heterocycles. The second-order valence-electron chi connectivity index (χ2n) is 3.19. The SMILES string of the molecule is CN(CCO)c1nc(N)nc2sccc12. The minimum atomic E-state index is 0.0893. The molecule has 0 saturated carbocycles. The molecule has 3 N–H and O–H groups in total. The Kier molecular flexibility index (Phi) is 2.70. The average Bonchev–Trinajstić information content (AvgIpc) is 2.64. The summed E-state index contributed by atoms with van der Waals surface area (Å²) in [6.07, 6.45) is 0. The lowest BCUT2D eigenvalue weighted by Crippen LogP contribution is -2.22. The highest BCUT2D eigenvalue weighted by atomic mass is 32.1. The number of hydrogen-bond acceptors (Lipinski definition) is 6. The van der Waals surface area contributed by atoms with Crippen LogP contribution in [0.15, 0.2) is 11.4 Å². The standard InChI is InChI=1S/C9H12N4OS/c1-13(3-4-14)7-6-2-5-15-8(6)12-9(10)11-7/h2,5,14H,3-4H2,1H3,(H2,10,11,12). The van der Waals surface area contributed by atoms with E-state index in [2.05, 4.69) is 9.97 Å². The molecule has 0 aliphatic rings. The second-order valence-corrected chi connectivity index (χ2v) is 4.08. The third-order valence-corrected chi connectivity index (χ3v) is 2.93. The maximum absolute atomic E-state index is 8.88. The fraction of sp³-hybridized carbons (Fsp3) is 0.333. The smallest absolute Gasteiger partial charge is 0.223 e. The Morgan fingerprint density at radius 2 is 2.33 bits per heavy atom. The minimum Gasteiger partial charge on any atom is -0.395 e. The topological polar surface area (TPSA) is 75.3 Å². The van der Waals surface area contributed by atoms with Gasteiger partial charge in [0.1, 0.15) is 10.6 Å². The number of nitrogens with zero attached hydrogens (tertiary/aromatic N) is 3. The van der Waals surface area contributed by atoms with Crippen molar-refractivity contribution in [2.75, 3.05) is 30.8 Å². The molecule has 0 amide bonds. The first-order valence-corrected chi connectivity index (χ1v) is 5.43. The van der Waals surface area contributed by atoms with Gasteiger partial charge in [0.15, 0.2) is 0 Å². The zero-order valence-corrected chi connectivity index (χ0v) is 9.16. The lowest BCUT2D eigenvalue weighted by Gasteiger charge is -2.17. The predicted octanol–water partition coefficient (Wildman–Crippen LogP) is 0.702. The van der Waals surface area contributed by atoms with Gasteiger partial charge in [0, 0.05) is 13.6 Å². The summed E-state index contributed by atoms with van der Waals surface area (Å²) in [5.41, 5.74) is 5.61. The van der Waals surface area contributed by atoms with E-state index in [0.29, 0.717) is 6.54 Å². The molecule has 2 aromatic rings. The molecule has 0 radical (unpaired) electrons. The number of aromatic nitrogens is 2. The third kappa shape index (κ3) is 1.86. The molecule has 0 aliphatic heterocycles. The maximum Gasteiger partial charge on any atom is 0.223 e. The zero-order valence-electron chi connectivity index (χ0n) is 8.34. The van der Waals surface area contributed by atoms with Crippen LogP contribution in [-0.4, -0.2) is 35.3 Å². The van der Waals surface area contributed by atoms with Crippen LogP contribution in [0, 0.1) is 0 Å². The van der Waals surface area contributed by atoms with Gasteiger partial charge in [-0.15, -0.1) is 11.3 Å². The molecule has 2 heterocycles. The van der Waals surface area contributed by atoms with E-state index in [1.54, 1.807) is 0 Å². The fourth-order valence-electron chi connectivity index (χ4n) is 1.40.